The average Bonchev–Trinajstić information content (AvgIpc) is 2.84. The van der Waals surface area contributed by atoms with E-state index in [1.54, 1.807) is 6.92 Å². The van der Waals surface area contributed by atoms with Crippen LogP contribution < -0.4 is 15.7 Å². The van der Waals surface area contributed by atoms with Crippen LogP contribution >= 0.6 is 11.6 Å². The van der Waals surface area contributed by atoms with E-state index in [-0.39, 0.29) is 41.5 Å². The molecule has 9 nitrogen and oxygen atoms in total. The molecule has 2 heterocycles. The molecule has 1 aliphatic rings. The number of aryl methyl sites for hydroxylation is 1. The summed E-state index contributed by atoms with van der Waals surface area (Å²) in [6.45, 7) is 2.45. The molecule has 0 aliphatic carbocycles. The Kier molecular flexibility index (Phi) is 7.37. The summed E-state index contributed by atoms with van der Waals surface area (Å²) in [4.78, 5) is 25.5. The van der Waals surface area contributed by atoms with Gasteiger partial charge in [-0.25, -0.2) is 22.4 Å². The number of amides is 1. The van der Waals surface area contributed by atoms with E-state index in [0.717, 1.165) is 6.07 Å². The maximum Gasteiger partial charge on any atom is 0.414 e. The highest BCUT2D eigenvalue weighted by Crippen LogP contribution is 2.33. The monoisotopic (exact) mass is 538 g/mol. The van der Waals surface area contributed by atoms with Gasteiger partial charge in [0.05, 0.1) is 11.6 Å². The predicted molar refractivity (Wildman–Crippen MR) is 131 cm³/mol. The molecule has 2 aromatic carbocycles. The van der Waals surface area contributed by atoms with Crippen LogP contribution in [0.1, 0.15) is 16.7 Å². The van der Waals surface area contributed by atoms with E-state index in [0.29, 0.717) is 23.1 Å². The molecular weight excluding hydrogens is 515 g/mol. The summed E-state index contributed by atoms with van der Waals surface area (Å²) in [6, 6.07) is 6.55. The molecule has 1 N–H and O–H groups in total. The second kappa shape index (κ2) is 10.2. The van der Waals surface area contributed by atoms with E-state index >= 15 is 0 Å². The van der Waals surface area contributed by atoms with Crippen molar-refractivity contribution in [3.8, 4) is 5.75 Å². The highest BCUT2D eigenvalue weighted by atomic mass is 35.5. The fraction of sp³-hybridized carbons (Fsp3) is 0.333. The lowest BCUT2D eigenvalue weighted by molar-refractivity contribution is 0.0783. The van der Waals surface area contributed by atoms with Crippen LogP contribution in [0.5, 0.6) is 5.75 Å². The van der Waals surface area contributed by atoms with Gasteiger partial charge >= 0.3 is 11.7 Å². The van der Waals surface area contributed by atoms with Gasteiger partial charge in [-0.05, 0) is 36.2 Å². The number of nitrogens with one attached hydrogen (secondary N) is 1. The lowest BCUT2D eigenvalue weighted by Gasteiger charge is -2.24. The number of carbonyl (C=O) groups is 1. The predicted octanol–water partition coefficient (Wildman–Crippen LogP) is 3.26. The molecule has 192 valence electrons. The minimum atomic E-state index is -4.11. The number of benzene rings is 2. The summed E-state index contributed by atoms with van der Waals surface area (Å²) in [6.07, 6.45) is -0.658. The van der Waals surface area contributed by atoms with Gasteiger partial charge in [0.1, 0.15) is 16.3 Å². The van der Waals surface area contributed by atoms with Crippen molar-refractivity contribution in [2.75, 3.05) is 33.8 Å². The van der Waals surface area contributed by atoms with Gasteiger partial charge in [-0.15, -0.1) is 0 Å². The van der Waals surface area contributed by atoms with E-state index in [9.17, 15) is 22.4 Å². The van der Waals surface area contributed by atoms with Crippen LogP contribution in [0.3, 0.4) is 0 Å². The number of hydrogen-bond acceptors (Lipinski definition) is 8. The van der Waals surface area contributed by atoms with Gasteiger partial charge in [-0.1, -0.05) is 17.7 Å². The maximum atomic E-state index is 14.6. The Labute approximate surface area is 211 Å². The van der Waals surface area contributed by atoms with Gasteiger partial charge in [0.15, 0.2) is 11.2 Å². The second-order valence-electron chi connectivity index (χ2n) is 8.53. The van der Waals surface area contributed by atoms with Crippen molar-refractivity contribution in [1.29, 1.82) is 0 Å². The first kappa shape index (κ1) is 26.1. The number of fused-ring (bicyclic) bond motifs is 1. The minimum Gasteiger partial charge on any atom is -0.422 e. The van der Waals surface area contributed by atoms with Gasteiger partial charge in [0.2, 0.25) is 9.84 Å². The van der Waals surface area contributed by atoms with Crippen LogP contribution in [-0.4, -0.2) is 58.6 Å². The molecule has 4 rings (SSSR count). The minimum absolute atomic E-state index is 0.00827. The van der Waals surface area contributed by atoms with Gasteiger partial charge in [-0.3, -0.25) is 0 Å². The molecule has 1 aliphatic heterocycles. The van der Waals surface area contributed by atoms with Crippen LogP contribution in [0.15, 0.2) is 44.4 Å². The van der Waals surface area contributed by atoms with E-state index in [1.165, 1.54) is 43.3 Å². The summed E-state index contributed by atoms with van der Waals surface area (Å²) in [5.41, 5.74) is -0.515. The summed E-state index contributed by atoms with van der Waals surface area (Å²) < 4.78 is 56.5. The highest BCUT2D eigenvalue weighted by Gasteiger charge is 2.32. The van der Waals surface area contributed by atoms with E-state index in [1.807, 2.05) is 0 Å². The van der Waals surface area contributed by atoms with Crippen molar-refractivity contribution in [3.63, 3.8) is 0 Å². The molecule has 1 aromatic heterocycles. The number of carbonyl (C=O) groups excluding carboxylic acids is 1. The van der Waals surface area contributed by atoms with Gasteiger partial charge in [0, 0.05) is 50.6 Å². The number of nitrogens with zero attached hydrogens (tertiary/aromatic N) is 1. The Balaban J connectivity index is 1.71. The quantitative estimate of drug-likeness (QED) is 0.492. The Morgan fingerprint density at radius 3 is 2.69 bits per heavy atom. The SMILES string of the molecule is Cc1c(Cc2ccc(F)c(S(=O)(=O)C3CNCCO3)c2)c(=O)oc2cc(OC(=O)N(C)C)c(Cl)cc12. The molecule has 0 saturated carbocycles. The number of halogens is 2. The third-order valence-electron chi connectivity index (χ3n) is 5.82. The number of morpholine rings is 1. The number of sulfone groups is 1. The molecule has 0 radical (unpaired) electrons. The zero-order valence-corrected chi connectivity index (χ0v) is 21.3. The van der Waals surface area contributed by atoms with Crippen LogP contribution in [0.2, 0.25) is 5.02 Å². The Hall–Kier alpha value is -2.99. The van der Waals surface area contributed by atoms with Crippen LogP contribution in [0.25, 0.3) is 11.0 Å². The van der Waals surface area contributed by atoms with E-state index in [2.05, 4.69) is 5.32 Å². The molecule has 1 unspecified atom stereocenters. The summed E-state index contributed by atoms with van der Waals surface area (Å²) >= 11 is 6.30. The second-order valence-corrected chi connectivity index (χ2v) is 11.0. The summed E-state index contributed by atoms with van der Waals surface area (Å²) in [7, 11) is -1.09. The molecule has 36 heavy (non-hydrogen) atoms. The molecule has 1 amide bonds. The van der Waals surface area contributed by atoms with E-state index < -0.39 is 37.7 Å². The average molecular weight is 539 g/mol. The molecule has 0 bridgehead atoms. The lowest BCUT2D eigenvalue weighted by Crippen LogP contribution is -2.43. The third kappa shape index (κ3) is 5.10. The van der Waals surface area contributed by atoms with Crippen molar-refractivity contribution >= 4 is 38.5 Å². The van der Waals surface area contributed by atoms with Crippen LogP contribution in [-0.2, 0) is 21.0 Å². The molecule has 1 fully saturated rings. The van der Waals surface area contributed by atoms with Crippen molar-refractivity contribution in [2.45, 2.75) is 23.7 Å². The Morgan fingerprint density at radius 1 is 1.28 bits per heavy atom. The van der Waals surface area contributed by atoms with E-state index in [4.69, 9.17) is 25.5 Å². The van der Waals surface area contributed by atoms with Gasteiger partial charge in [-0.2, -0.15) is 0 Å². The molecule has 1 saturated heterocycles. The van der Waals surface area contributed by atoms with Crippen molar-refractivity contribution in [2.24, 2.45) is 0 Å². The largest absolute Gasteiger partial charge is 0.422 e. The molecule has 3 aromatic rings. The Bertz CT molecular complexity index is 1500. The van der Waals surface area contributed by atoms with Crippen molar-refractivity contribution in [1.82, 2.24) is 10.2 Å². The maximum absolute atomic E-state index is 14.6. The fourth-order valence-electron chi connectivity index (χ4n) is 3.82. The standard InChI is InChI=1S/C24H24ClFN2O7S/c1-13-15-10-17(25)20(35-24(30)28(2)3)11-19(15)34-23(29)16(13)8-14-4-5-18(26)21(9-14)36(31,32)22-12-27-6-7-33-22/h4-5,9-11,22,27H,6-8,12H2,1-3H3. The topological polar surface area (TPSA) is 115 Å². The first-order valence-corrected chi connectivity index (χ1v) is 12.9. The summed E-state index contributed by atoms with van der Waals surface area (Å²) in [5.74, 6) is -0.868. The van der Waals surface area contributed by atoms with Gasteiger partial charge < -0.3 is 24.1 Å². The van der Waals surface area contributed by atoms with Crippen molar-refractivity contribution < 1.29 is 31.5 Å². The fourth-order valence-corrected chi connectivity index (χ4v) is 5.57. The van der Waals surface area contributed by atoms with Crippen LogP contribution in [0.4, 0.5) is 9.18 Å². The van der Waals surface area contributed by atoms with Crippen LogP contribution in [0, 0.1) is 12.7 Å². The zero-order chi connectivity index (χ0) is 26.2. The van der Waals surface area contributed by atoms with Gasteiger partial charge in [0.25, 0.3) is 0 Å². The van der Waals surface area contributed by atoms with Crippen molar-refractivity contribution in [3.05, 3.63) is 68.3 Å². The molecule has 12 heteroatoms. The number of ether oxygens (including phenoxy) is 2. The lowest BCUT2D eigenvalue weighted by atomic mass is 9.99. The smallest absolute Gasteiger partial charge is 0.414 e. The third-order valence-corrected chi connectivity index (χ3v) is 8.04. The zero-order valence-electron chi connectivity index (χ0n) is 19.8. The number of hydrogen-bond donors (Lipinski definition) is 1. The molecule has 0 spiro atoms. The summed E-state index contributed by atoms with van der Waals surface area (Å²) in [5, 5.41) is 3.57. The molecular formula is C24H24ClFN2O7S. The first-order valence-electron chi connectivity index (χ1n) is 11.0. The Morgan fingerprint density at radius 2 is 2.03 bits per heavy atom. The molecule has 1 atom stereocenters. The highest BCUT2D eigenvalue weighted by molar-refractivity contribution is 7.92. The normalized spacial score (nSPS) is 16.2. The first-order chi connectivity index (χ1) is 17.0. The number of rotatable bonds is 5.